The summed E-state index contributed by atoms with van der Waals surface area (Å²) < 4.78 is 5.22. The van der Waals surface area contributed by atoms with E-state index in [2.05, 4.69) is 25.4 Å². The van der Waals surface area contributed by atoms with Crippen LogP contribution in [-0.4, -0.2) is 20.7 Å². The topological polar surface area (TPSA) is 26.3 Å². The van der Waals surface area contributed by atoms with Gasteiger partial charge < -0.3 is 4.74 Å². The van der Waals surface area contributed by atoms with Crippen LogP contribution in [0.3, 0.4) is 0 Å². The normalized spacial score (nSPS) is 15.0. The molecular weight excluding hydrogens is 204 g/mol. The second kappa shape index (κ2) is 5.15. The van der Waals surface area contributed by atoms with Crippen LogP contribution >= 0.6 is 0 Å². The first kappa shape index (κ1) is 12.0. The van der Waals surface area contributed by atoms with Gasteiger partial charge in [0.1, 0.15) is 0 Å². The molecule has 1 aliphatic carbocycles. The first-order chi connectivity index (χ1) is 6.99. The lowest BCUT2D eigenvalue weighted by Gasteiger charge is -2.15. The van der Waals surface area contributed by atoms with Gasteiger partial charge in [0.2, 0.25) is 0 Å². The van der Waals surface area contributed by atoms with Crippen molar-refractivity contribution in [3.8, 4) is 0 Å². The summed E-state index contributed by atoms with van der Waals surface area (Å²) in [6.07, 6.45) is 6.01. The molecule has 1 aliphatic rings. The highest BCUT2D eigenvalue weighted by atomic mass is 28.3. The largest absolute Gasteiger partial charge is 0.463 e. The lowest BCUT2D eigenvalue weighted by atomic mass is 10.1. The van der Waals surface area contributed by atoms with Crippen LogP contribution in [0.2, 0.25) is 25.7 Å². The average molecular weight is 222 g/mol. The van der Waals surface area contributed by atoms with Gasteiger partial charge >= 0.3 is 5.97 Å². The van der Waals surface area contributed by atoms with Gasteiger partial charge in [0, 0.05) is 20.1 Å². The highest BCUT2D eigenvalue weighted by Gasteiger charge is 2.15. The highest BCUT2D eigenvalue weighted by Crippen LogP contribution is 2.11. The zero-order valence-corrected chi connectivity index (χ0v) is 10.7. The van der Waals surface area contributed by atoms with Crippen molar-refractivity contribution in [2.24, 2.45) is 0 Å². The molecule has 0 saturated carbocycles. The van der Waals surface area contributed by atoms with Crippen LogP contribution in [0.1, 0.15) is 6.42 Å². The van der Waals surface area contributed by atoms with Crippen molar-refractivity contribution in [1.82, 2.24) is 0 Å². The Morgan fingerprint density at radius 1 is 1.53 bits per heavy atom. The number of carbonyl (C=O) groups excluding carboxylic acids is 1. The summed E-state index contributed by atoms with van der Waals surface area (Å²) in [6, 6.07) is 1.03. The predicted molar refractivity (Wildman–Crippen MR) is 64.5 cm³/mol. The van der Waals surface area contributed by atoms with Crippen molar-refractivity contribution in [1.29, 1.82) is 0 Å². The van der Waals surface area contributed by atoms with Crippen LogP contribution in [0, 0.1) is 0 Å². The Kier molecular flexibility index (Phi) is 4.12. The van der Waals surface area contributed by atoms with Gasteiger partial charge in [-0.1, -0.05) is 19.6 Å². The molecule has 0 unspecified atom stereocenters. The van der Waals surface area contributed by atoms with E-state index in [-0.39, 0.29) is 5.97 Å². The summed E-state index contributed by atoms with van der Waals surface area (Å²) in [5.74, 6) is -0.178. The van der Waals surface area contributed by atoms with Crippen molar-refractivity contribution < 1.29 is 9.53 Å². The molecule has 82 valence electrons. The van der Waals surface area contributed by atoms with Crippen LogP contribution in [-0.2, 0) is 9.53 Å². The van der Waals surface area contributed by atoms with E-state index < -0.39 is 8.07 Å². The zero-order chi connectivity index (χ0) is 11.3. The first-order valence-electron chi connectivity index (χ1n) is 5.26. The van der Waals surface area contributed by atoms with Crippen molar-refractivity contribution in [3.63, 3.8) is 0 Å². The maximum absolute atomic E-state index is 11.5. The van der Waals surface area contributed by atoms with E-state index in [1.807, 2.05) is 6.08 Å². The van der Waals surface area contributed by atoms with E-state index in [0.29, 0.717) is 13.0 Å². The Hall–Kier alpha value is -1.05. The lowest BCUT2D eigenvalue weighted by molar-refractivity contribution is -0.138. The molecule has 0 bridgehead atoms. The summed E-state index contributed by atoms with van der Waals surface area (Å²) in [4.78, 5) is 11.5. The fraction of sp³-hybridized carbons (Fsp3) is 0.500. The van der Waals surface area contributed by atoms with E-state index in [4.69, 9.17) is 4.74 Å². The molecule has 1 rings (SSSR count). The van der Waals surface area contributed by atoms with Crippen molar-refractivity contribution >= 4 is 14.0 Å². The quantitative estimate of drug-likeness (QED) is 0.415. The van der Waals surface area contributed by atoms with Crippen LogP contribution in [0.15, 0.2) is 29.5 Å². The number of carbonyl (C=O) groups is 1. The van der Waals surface area contributed by atoms with E-state index in [0.717, 1.165) is 11.6 Å². The molecule has 0 amide bonds. The van der Waals surface area contributed by atoms with Gasteiger partial charge in [0.25, 0.3) is 0 Å². The summed E-state index contributed by atoms with van der Waals surface area (Å²) in [7, 11) is -1.10. The van der Waals surface area contributed by atoms with Crippen LogP contribution in [0.25, 0.3) is 0 Å². The number of hydrogen-bond donors (Lipinski definition) is 0. The summed E-state index contributed by atoms with van der Waals surface area (Å²) in [5.41, 5.74) is 3.65. The van der Waals surface area contributed by atoms with Gasteiger partial charge in [0.05, 0.1) is 6.61 Å². The molecule has 0 aromatic rings. The molecule has 0 fully saturated rings. The molecule has 0 aromatic carbocycles. The highest BCUT2D eigenvalue weighted by molar-refractivity contribution is 6.76. The van der Waals surface area contributed by atoms with E-state index >= 15 is 0 Å². The average Bonchev–Trinajstić information content (AvgIpc) is 2.17. The molecule has 0 aliphatic heterocycles. The molecule has 0 radical (unpaired) electrons. The Morgan fingerprint density at radius 3 is 2.80 bits per heavy atom. The molecule has 0 heterocycles. The molecule has 0 aromatic heterocycles. The minimum Gasteiger partial charge on any atom is -0.463 e. The second-order valence-corrected chi connectivity index (χ2v) is 10.5. The third kappa shape index (κ3) is 4.82. The van der Waals surface area contributed by atoms with E-state index in [1.165, 1.54) is 0 Å². The van der Waals surface area contributed by atoms with Gasteiger partial charge in [-0.25, -0.2) is 4.79 Å². The number of esters is 1. The smallest absolute Gasteiger partial charge is 0.334 e. The summed E-state index contributed by atoms with van der Waals surface area (Å²) in [5, 5.41) is 0. The fourth-order valence-electron chi connectivity index (χ4n) is 1.15. The Balaban J connectivity index is 2.31. The van der Waals surface area contributed by atoms with Gasteiger partial charge in [-0.3, -0.25) is 0 Å². The molecule has 0 saturated heterocycles. The second-order valence-electron chi connectivity index (χ2n) is 4.88. The van der Waals surface area contributed by atoms with Gasteiger partial charge in [-0.15, -0.1) is 5.73 Å². The Morgan fingerprint density at radius 2 is 2.27 bits per heavy atom. The molecule has 3 heteroatoms. The Labute approximate surface area is 92.3 Å². The fourth-order valence-corrected chi connectivity index (χ4v) is 1.86. The van der Waals surface area contributed by atoms with E-state index in [9.17, 15) is 4.79 Å². The molecule has 0 spiro atoms. The standard InChI is InChI=1S/C12H18O2Si/c1-15(2,3)10-9-14-12(13)11-7-5-4-6-8-11/h5-7H,8-10H2,1-3H3. The molecule has 15 heavy (non-hydrogen) atoms. The number of hydrogen-bond acceptors (Lipinski definition) is 2. The van der Waals surface area contributed by atoms with Gasteiger partial charge in [0.15, 0.2) is 0 Å². The molecule has 0 N–H and O–H groups in total. The van der Waals surface area contributed by atoms with Crippen LogP contribution < -0.4 is 0 Å². The predicted octanol–water partition coefficient (Wildman–Crippen LogP) is 2.91. The monoisotopic (exact) mass is 222 g/mol. The number of allylic oxidation sites excluding steroid dienone is 2. The maximum atomic E-state index is 11.5. The summed E-state index contributed by atoms with van der Waals surface area (Å²) >= 11 is 0. The van der Waals surface area contributed by atoms with Gasteiger partial charge in [-0.2, -0.15) is 0 Å². The number of rotatable bonds is 4. The number of ether oxygens (including phenoxy) is 1. The molecule has 2 nitrogen and oxygen atoms in total. The van der Waals surface area contributed by atoms with E-state index in [1.54, 1.807) is 12.2 Å². The maximum Gasteiger partial charge on any atom is 0.334 e. The molecule has 0 atom stereocenters. The third-order valence-corrected chi connectivity index (χ3v) is 3.87. The van der Waals surface area contributed by atoms with Crippen molar-refractivity contribution in [2.75, 3.05) is 6.61 Å². The van der Waals surface area contributed by atoms with Crippen LogP contribution in [0.4, 0.5) is 0 Å². The summed E-state index contributed by atoms with van der Waals surface area (Å²) in [6.45, 7) is 7.36. The SMILES string of the molecule is C[Si](C)(C)CCOC(=O)C1=CC=C=CC1. The van der Waals surface area contributed by atoms with Crippen molar-refractivity contribution in [2.45, 2.75) is 32.1 Å². The third-order valence-electron chi connectivity index (χ3n) is 2.17. The van der Waals surface area contributed by atoms with Crippen LogP contribution in [0.5, 0.6) is 0 Å². The molecular formula is C12H18O2Si. The first-order valence-corrected chi connectivity index (χ1v) is 8.97. The zero-order valence-electron chi connectivity index (χ0n) is 9.67. The Bertz CT molecular complexity index is 328. The minimum atomic E-state index is -1.10. The van der Waals surface area contributed by atoms with Crippen molar-refractivity contribution in [3.05, 3.63) is 29.5 Å². The minimum absolute atomic E-state index is 0.178. The van der Waals surface area contributed by atoms with Gasteiger partial charge in [-0.05, 0) is 24.3 Å². The lowest BCUT2D eigenvalue weighted by Crippen LogP contribution is -2.23.